The van der Waals surface area contributed by atoms with Gasteiger partial charge in [-0.05, 0) is 19.3 Å². The van der Waals surface area contributed by atoms with Gasteiger partial charge < -0.3 is 15.2 Å². The van der Waals surface area contributed by atoms with Crippen LogP contribution in [0.15, 0.2) is 0 Å². The molecule has 0 atom stereocenters. The van der Waals surface area contributed by atoms with Gasteiger partial charge in [0.1, 0.15) is 0 Å². The van der Waals surface area contributed by atoms with Gasteiger partial charge in [0.2, 0.25) is 0 Å². The fourth-order valence-corrected chi connectivity index (χ4v) is 0.927. The summed E-state index contributed by atoms with van der Waals surface area (Å²) in [6, 6.07) is 0. The molecule has 0 unspecified atom stereocenters. The van der Waals surface area contributed by atoms with Crippen molar-refractivity contribution in [1.82, 2.24) is 0 Å². The maximum atomic E-state index is 6.99. The molecule has 0 fully saturated rings. The lowest BCUT2D eigenvalue weighted by atomic mass is 10.2. The summed E-state index contributed by atoms with van der Waals surface area (Å²) in [5.41, 5.74) is 5.20. The summed E-state index contributed by atoms with van der Waals surface area (Å²) < 4.78 is 10.2. The Morgan fingerprint density at radius 2 is 1.85 bits per heavy atom. The van der Waals surface area contributed by atoms with Crippen molar-refractivity contribution in [2.75, 3.05) is 26.9 Å². The second kappa shape index (κ2) is 9.48. The molecular formula is C9H20N2O2. The van der Waals surface area contributed by atoms with E-state index in [-0.39, 0.29) is 5.84 Å². The molecule has 0 aromatic heterocycles. The summed E-state index contributed by atoms with van der Waals surface area (Å²) in [4.78, 5) is 0. The first-order valence-corrected chi connectivity index (χ1v) is 4.67. The average Bonchev–Trinajstić information content (AvgIpc) is 2.09. The highest BCUT2D eigenvalue weighted by Crippen LogP contribution is 1.95. The largest absolute Gasteiger partial charge is 0.388 e. The third-order valence-electron chi connectivity index (χ3n) is 1.62. The number of ether oxygens (including phenoxy) is 2. The van der Waals surface area contributed by atoms with E-state index in [0.717, 1.165) is 39.1 Å². The van der Waals surface area contributed by atoms with Crippen LogP contribution in [0.4, 0.5) is 0 Å². The first-order valence-electron chi connectivity index (χ1n) is 4.67. The molecule has 0 saturated carbocycles. The van der Waals surface area contributed by atoms with Crippen LogP contribution in [0.1, 0.15) is 25.7 Å². The van der Waals surface area contributed by atoms with Crippen molar-refractivity contribution in [1.29, 1.82) is 5.41 Å². The van der Waals surface area contributed by atoms with E-state index in [1.54, 1.807) is 7.11 Å². The van der Waals surface area contributed by atoms with E-state index >= 15 is 0 Å². The van der Waals surface area contributed by atoms with Crippen LogP contribution in [0.5, 0.6) is 0 Å². The second-order valence-corrected chi connectivity index (χ2v) is 2.94. The van der Waals surface area contributed by atoms with Crippen LogP contribution in [0.25, 0.3) is 0 Å². The van der Waals surface area contributed by atoms with E-state index in [1.807, 2.05) is 0 Å². The van der Waals surface area contributed by atoms with Crippen LogP contribution in [-0.2, 0) is 9.47 Å². The Kier molecular flexibility index (Phi) is 9.03. The van der Waals surface area contributed by atoms with Gasteiger partial charge in [0.05, 0.1) is 5.84 Å². The highest BCUT2D eigenvalue weighted by atomic mass is 16.5. The zero-order chi connectivity index (χ0) is 9.94. The number of unbranched alkanes of at least 4 members (excludes halogenated alkanes) is 1. The molecular weight excluding hydrogens is 168 g/mol. The molecule has 0 spiro atoms. The van der Waals surface area contributed by atoms with Crippen molar-refractivity contribution >= 4 is 5.84 Å². The molecule has 0 aliphatic carbocycles. The topological polar surface area (TPSA) is 68.3 Å². The maximum Gasteiger partial charge on any atom is 0.0905 e. The summed E-state index contributed by atoms with van der Waals surface area (Å²) in [6.45, 7) is 2.28. The van der Waals surface area contributed by atoms with Crippen molar-refractivity contribution in [2.24, 2.45) is 5.73 Å². The molecule has 0 radical (unpaired) electrons. The van der Waals surface area contributed by atoms with Crippen LogP contribution < -0.4 is 5.73 Å². The SMILES string of the molecule is COCCCOCCCCC(=N)N. The molecule has 0 aromatic carbocycles. The minimum atomic E-state index is 0.263. The summed E-state index contributed by atoms with van der Waals surface area (Å²) in [5.74, 6) is 0.263. The minimum absolute atomic E-state index is 0.263. The van der Waals surface area contributed by atoms with Crippen molar-refractivity contribution in [2.45, 2.75) is 25.7 Å². The van der Waals surface area contributed by atoms with Gasteiger partial charge in [0, 0.05) is 33.4 Å². The number of amidine groups is 1. The van der Waals surface area contributed by atoms with Crippen molar-refractivity contribution < 1.29 is 9.47 Å². The van der Waals surface area contributed by atoms with Crippen molar-refractivity contribution in [3.63, 3.8) is 0 Å². The third kappa shape index (κ3) is 11.4. The zero-order valence-corrected chi connectivity index (χ0v) is 8.34. The molecule has 4 nitrogen and oxygen atoms in total. The molecule has 78 valence electrons. The molecule has 0 aliphatic rings. The lowest BCUT2D eigenvalue weighted by Crippen LogP contribution is -2.09. The predicted molar refractivity (Wildman–Crippen MR) is 53.1 cm³/mol. The number of nitrogens with two attached hydrogens (primary N) is 1. The molecule has 4 heteroatoms. The Bertz CT molecular complexity index is 129. The molecule has 3 N–H and O–H groups in total. The van der Waals surface area contributed by atoms with Gasteiger partial charge in [-0.2, -0.15) is 0 Å². The van der Waals surface area contributed by atoms with Gasteiger partial charge in [0.15, 0.2) is 0 Å². The Morgan fingerprint density at radius 1 is 1.15 bits per heavy atom. The number of methoxy groups -OCH3 is 1. The van der Waals surface area contributed by atoms with E-state index in [1.165, 1.54) is 0 Å². The molecule has 13 heavy (non-hydrogen) atoms. The minimum Gasteiger partial charge on any atom is -0.388 e. The standard InChI is InChI=1S/C9H20N2O2/c1-12-6-4-8-13-7-3-2-5-9(10)11/h2-8H2,1H3,(H3,10,11). The van der Waals surface area contributed by atoms with Crippen molar-refractivity contribution in [3.8, 4) is 0 Å². The van der Waals surface area contributed by atoms with Crippen LogP contribution in [0.3, 0.4) is 0 Å². The Morgan fingerprint density at radius 3 is 2.46 bits per heavy atom. The van der Waals surface area contributed by atoms with Crippen LogP contribution >= 0.6 is 0 Å². The van der Waals surface area contributed by atoms with Gasteiger partial charge in [-0.1, -0.05) is 0 Å². The lowest BCUT2D eigenvalue weighted by Gasteiger charge is -2.03. The molecule has 0 amide bonds. The quantitative estimate of drug-likeness (QED) is 0.324. The maximum absolute atomic E-state index is 6.99. The highest BCUT2D eigenvalue weighted by Gasteiger charge is 1.92. The van der Waals surface area contributed by atoms with Gasteiger partial charge in [-0.25, -0.2) is 0 Å². The first kappa shape index (κ1) is 12.4. The van der Waals surface area contributed by atoms with Crippen LogP contribution in [0, 0.1) is 5.41 Å². The fraction of sp³-hybridized carbons (Fsp3) is 0.889. The van der Waals surface area contributed by atoms with E-state index in [9.17, 15) is 0 Å². The number of hydrogen-bond acceptors (Lipinski definition) is 3. The van der Waals surface area contributed by atoms with E-state index in [4.69, 9.17) is 20.6 Å². The smallest absolute Gasteiger partial charge is 0.0905 e. The second-order valence-electron chi connectivity index (χ2n) is 2.94. The fourth-order valence-electron chi connectivity index (χ4n) is 0.927. The Hall–Kier alpha value is -0.610. The van der Waals surface area contributed by atoms with Gasteiger partial charge in [-0.3, -0.25) is 5.41 Å². The molecule has 0 saturated heterocycles. The molecule has 0 bridgehead atoms. The van der Waals surface area contributed by atoms with Gasteiger partial charge >= 0.3 is 0 Å². The Labute approximate surface area is 79.9 Å². The number of hydrogen-bond donors (Lipinski definition) is 2. The predicted octanol–water partition coefficient (Wildman–Crippen LogP) is 1.15. The number of rotatable bonds is 9. The van der Waals surface area contributed by atoms with E-state index in [0.29, 0.717) is 6.42 Å². The molecule has 0 aromatic rings. The molecule has 0 aliphatic heterocycles. The average molecular weight is 188 g/mol. The first-order chi connectivity index (χ1) is 6.27. The Balaban J connectivity index is 2.87. The lowest BCUT2D eigenvalue weighted by molar-refractivity contribution is 0.101. The third-order valence-corrected chi connectivity index (χ3v) is 1.62. The normalized spacial score (nSPS) is 10.2. The highest BCUT2D eigenvalue weighted by molar-refractivity contribution is 5.76. The monoisotopic (exact) mass is 188 g/mol. The summed E-state index contributed by atoms with van der Waals surface area (Å²) in [7, 11) is 1.69. The van der Waals surface area contributed by atoms with Crippen molar-refractivity contribution in [3.05, 3.63) is 0 Å². The zero-order valence-electron chi connectivity index (χ0n) is 8.34. The summed E-state index contributed by atoms with van der Waals surface area (Å²) in [5, 5.41) is 6.99. The molecule has 0 heterocycles. The summed E-state index contributed by atoms with van der Waals surface area (Å²) >= 11 is 0. The van der Waals surface area contributed by atoms with Crippen LogP contribution in [0.2, 0.25) is 0 Å². The van der Waals surface area contributed by atoms with Crippen LogP contribution in [-0.4, -0.2) is 32.8 Å². The number of nitrogens with one attached hydrogen (secondary N) is 1. The van der Waals surface area contributed by atoms with Gasteiger partial charge in [-0.15, -0.1) is 0 Å². The van der Waals surface area contributed by atoms with E-state index in [2.05, 4.69) is 0 Å². The molecule has 0 rings (SSSR count). The van der Waals surface area contributed by atoms with Gasteiger partial charge in [0.25, 0.3) is 0 Å². The summed E-state index contributed by atoms with van der Waals surface area (Å²) in [6.07, 6.45) is 3.55. The van der Waals surface area contributed by atoms with E-state index < -0.39 is 0 Å².